The number of rotatable bonds is 4. The van der Waals surface area contributed by atoms with Gasteiger partial charge < -0.3 is 5.32 Å². The van der Waals surface area contributed by atoms with Crippen LogP contribution >= 0.6 is 11.6 Å². The summed E-state index contributed by atoms with van der Waals surface area (Å²) in [5.74, 6) is -1.13. The van der Waals surface area contributed by atoms with Crippen molar-refractivity contribution in [3.63, 3.8) is 0 Å². The number of hydrogen-bond acceptors (Lipinski definition) is 3. The van der Waals surface area contributed by atoms with Crippen LogP contribution in [-0.2, 0) is 14.8 Å². The van der Waals surface area contributed by atoms with Gasteiger partial charge in [0.25, 0.3) is 10.0 Å². The van der Waals surface area contributed by atoms with E-state index in [1.807, 2.05) is 0 Å². The lowest BCUT2D eigenvalue weighted by atomic mass is 10.2. The molecular weight excluding hydrogens is 331 g/mol. The van der Waals surface area contributed by atoms with Crippen LogP contribution < -0.4 is 10.0 Å². The maximum absolute atomic E-state index is 13.8. The Morgan fingerprint density at radius 3 is 2.50 bits per heavy atom. The summed E-state index contributed by atoms with van der Waals surface area (Å²) in [7, 11) is -4.05. The largest absolute Gasteiger partial charge is 0.326 e. The molecule has 8 heteroatoms. The molecule has 2 aromatic carbocycles. The second kappa shape index (κ2) is 6.33. The van der Waals surface area contributed by atoms with E-state index in [4.69, 9.17) is 11.6 Å². The Bertz CT molecular complexity index is 825. The minimum atomic E-state index is -4.05. The van der Waals surface area contributed by atoms with E-state index < -0.39 is 15.8 Å². The van der Waals surface area contributed by atoms with Gasteiger partial charge in [-0.1, -0.05) is 23.7 Å². The third kappa shape index (κ3) is 3.75. The monoisotopic (exact) mass is 342 g/mol. The molecule has 0 aliphatic heterocycles. The SMILES string of the molecule is CC(=O)Nc1ccc(F)c(NS(=O)(=O)c2ccccc2Cl)c1. The summed E-state index contributed by atoms with van der Waals surface area (Å²) < 4.78 is 40.4. The lowest BCUT2D eigenvalue weighted by molar-refractivity contribution is -0.114. The molecule has 0 heterocycles. The van der Waals surface area contributed by atoms with Crippen molar-refractivity contribution < 1.29 is 17.6 Å². The van der Waals surface area contributed by atoms with Crippen molar-refractivity contribution in [3.8, 4) is 0 Å². The Morgan fingerprint density at radius 2 is 1.86 bits per heavy atom. The molecule has 0 unspecified atom stereocenters. The van der Waals surface area contributed by atoms with Gasteiger partial charge in [-0.25, -0.2) is 12.8 Å². The third-order valence-corrected chi connectivity index (χ3v) is 4.52. The molecule has 2 aromatic rings. The molecule has 0 saturated carbocycles. The van der Waals surface area contributed by atoms with Crippen molar-refractivity contribution >= 4 is 38.9 Å². The number of sulfonamides is 1. The summed E-state index contributed by atoms with van der Waals surface area (Å²) in [4.78, 5) is 10.8. The molecule has 22 heavy (non-hydrogen) atoms. The van der Waals surface area contributed by atoms with E-state index in [1.54, 1.807) is 6.07 Å². The van der Waals surface area contributed by atoms with Crippen molar-refractivity contribution in [3.05, 3.63) is 53.3 Å². The number of hydrogen-bond donors (Lipinski definition) is 2. The highest BCUT2D eigenvalue weighted by atomic mass is 35.5. The summed E-state index contributed by atoms with van der Waals surface area (Å²) in [6, 6.07) is 9.37. The van der Waals surface area contributed by atoms with Gasteiger partial charge in [-0.05, 0) is 30.3 Å². The van der Waals surface area contributed by atoms with E-state index in [-0.39, 0.29) is 27.2 Å². The molecule has 0 saturated heterocycles. The molecule has 0 fully saturated rings. The fraction of sp³-hybridized carbons (Fsp3) is 0.0714. The maximum Gasteiger partial charge on any atom is 0.263 e. The first-order chi connectivity index (χ1) is 10.3. The third-order valence-electron chi connectivity index (χ3n) is 2.66. The van der Waals surface area contributed by atoms with Crippen LogP contribution in [0.5, 0.6) is 0 Å². The standard InChI is InChI=1S/C14H12ClFN2O3S/c1-9(19)17-10-6-7-12(16)13(8-10)18-22(20,21)14-5-3-2-4-11(14)15/h2-8,18H,1H3,(H,17,19). The Balaban J connectivity index is 2.37. The van der Waals surface area contributed by atoms with Gasteiger partial charge in [-0.2, -0.15) is 0 Å². The zero-order chi connectivity index (χ0) is 16.3. The molecule has 0 spiro atoms. The minimum absolute atomic E-state index is 0.0217. The number of nitrogens with one attached hydrogen (secondary N) is 2. The molecule has 0 bridgehead atoms. The smallest absolute Gasteiger partial charge is 0.263 e. The van der Waals surface area contributed by atoms with Gasteiger partial charge in [-0.3, -0.25) is 9.52 Å². The van der Waals surface area contributed by atoms with Crippen LogP contribution in [0.3, 0.4) is 0 Å². The number of carbonyl (C=O) groups is 1. The topological polar surface area (TPSA) is 75.3 Å². The van der Waals surface area contributed by atoms with Gasteiger partial charge in [0.05, 0.1) is 10.7 Å². The Labute approximate surface area is 132 Å². The van der Waals surface area contributed by atoms with Crippen LogP contribution in [0.25, 0.3) is 0 Å². The van der Waals surface area contributed by atoms with E-state index in [9.17, 15) is 17.6 Å². The number of benzene rings is 2. The number of halogens is 2. The zero-order valence-corrected chi connectivity index (χ0v) is 13.0. The quantitative estimate of drug-likeness (QED) is 0.895. The molecule has 0 aliphatic carbocycles. The lowest BCUT2D eigenvalue weighted by Crippen LogP contribution is -2.15. The summed E-state index contributed by atoms with van der Waals surface area (Å²) in [6.45, 7) is 1.29. The number of amides is 1. The van der Waals surface area contributed by atoms with Crippen molar-refractivity contribution in [1.82, 2.24) is 0 Å². The normalized spacial score (nSPS) is 11.0. The fourth-order valence-electron chi connectivity index (χ4n) is 1.75. The fourth-order valence-corrected chi connectivity index (χ4v) is 3.33. The molecule has 0 atom stereocenters. The van der Waals surface area contributed by atoms with Gasteiger partial charge in [0, 0.05) is 12.6 Å². The summed E-state index contributed by atoms with van der Waals surface area (Å²) >= 11 is 5.84. The Morgan fingerprint density at radius 1 is 1.18 bits per heavy atom. The first-order valence-corrected chi connectivity index (χ1v) is 8.00. The maximum atomic E-state index is 13.8. The molecule has 0 aliphatic rings. The highest BCUT2D eigenvalue weighted by molar-refractivity contribution is 7.92. The molecule has 0 radical (unpaired) electrons. The second-order valence-electron chi connectivity index (χ2n) is 4.41. The van der Waals surface area contributed by atoms with E-state index in [1.165, 1.54) is 37.3 Å². The second-order valence-corrected chi connectivity index (χ2v) is 6.47. The molecule has 0 aromatic heterocycles. The first kappa shape index (κ1) is 16.3. The Kier molecular flexibility index (Phi) is 4.68. The van der Waals surface area contributed by atoms with E-state index in [2.05, 4.69) is 10.0 Å². The van der Waals surface area contributed by atoms with Crippen LogP contribution in [0.15, 0.2) is 47.4 Å². The van der Waals surface area contributed by atoms with Gasteiger partial charge in [-0.15, -0.1) is 0 Å². The predicted octanol–water partition coefficient (Wildman–Crippen LogP) is 3.24. The van der Waals surface area contributed by atoms with Crippen molar-refractivity contribution in [2.45, 2.75) is 11.8 Å². The molecule has 2 rings (SSSR count). The average molecular weight is 343 g/mol. The van der Waals surface area contributed by atoms with Crippen molar-refractivity contribution in [2.24, 2.45) is 0 Å². The predicted molar refractivity (Wildman–Crippen MR) is 83.0 cm³/mol. The molecule has 5 nitrogen and oxygen atoms in total. The summed E-state index contributed by atoms with van der Waals surface area (Å²) in [6.07, 6.45) is 0. The Hall–Kier alpha value is -2.12. The van der Waals surface area contributed by atoms with E-state index in [0.717, 1.165) is 6.07 Å². The summed E-state index contributed by atoms with van der Waals surface area (Å²) in [5, 5.41) is 2.46. The van der Waals surface area contributed by atoms with Crippen LogP contribution in [-0.4, -0.2) is 14.3 Å². The minimum Gasteiger partial charge on any atom is -0.326 e. The summed E-state index contributed by atoms with van der Waals surface area (Å²) in [5.41, 5.74) is -0.0167. The molecule has 2 N–H and O–H groups in total. The first-order valence-electron chi connectivity index (χ1n) is 6.14. The van der Waals surface area contributed by atoms with Gasteiger partial charge in [0.1, 0.15) is 10.7 Å². The highest BCUT2D eigenvalue weighted by Crippen LogP contribution is 2.26. The van der Waals surface area contributed by atoms with Crippen LogP contribution in [0.2, 0.25) is 5.02 Å². The molecule has 116 valence electrons. The van der Waals surface area contributed by atoms with Gasteiger partial charge in [0.15, 0.2) is 0 Å². The zero-order valence-electron chi connectivity index (χ0n) is 11.4. The van der Waals surface area contributed by atoms with Crippen molar-refractivity contribution in [2.75, 3.05) is 10.0 Å². The highest BCUT2D eigenvalue weighted by Gasteiger charge is 2.19. The molecule has 1 amide bonds. The van der Waals surface area contributed by atoms with Crippen molar-refractivity contribution in [1.29, 1.82) is 0 Å². The number of anilines is 2. The lowest BCUT2D eigenvalue weighted by Gasteiger charge is -2.11. The molecular formula is C14H12ClFN2O3S. The van der Waals surface area contributed by atoms with Gasteiger partial charge in [0.2, 0.25) is 5.91 Å². The van der Waals surface area contributed by atoms with Gasteiger partial charge >= 0.3 is 0 Å². The van der Waals surface area contributed by atoms with Crippen LogP contribution in [0.4, 0.5) is 15.8 Å². The van der Waals surface area contributed by atoms with Crippen LogP contribution in [0, 0.1) is 5.82 Å². The van der Waals surface area contributed by atoms with Crippen LogP contribution in [0.1, 0.15) is 6.92 Å². The van der Waals surface area contributed by atoms with E-state index in [0.29, 0.717) is 0 Å². The average Bonchev–Trinajstić information content (AvgIpc) is 2.42. The van der Waals surface area contributed by atoms with E-state index >= 15 is 0 Å². The number of carbonyl (C=O) groups excluding carboxylic acids is 1.